The highest BCUT2D eigenvalue weighted by Crippen LogP contribution is 2.23. The number of hydrogen-bond acceptors (Lipinski definition) is 1. The Labute approximate surface area is 105 Å². The molecule has 0 unspecified atom stereocenters. The summed E-state index contributed by atoms with van der Waals surface area (Å²) in [4.78, 5) is 11.8. The lowest BCUT2D eigenvalue weighted by atomic mass is 9.88. The van der Waals surface area contributed by atoms with Crippen molar-refractivity contribution in [2.45, 2.75) is 38.6 Å². The molecule has 1 aromatic rings. The first-order chi connectivity index (χ1) is 8.65. The molecule has 0 heterocycles. The van der Waals surface area contributed by atoms with Crippen molar-refractivity contribution < 1.29 is 13.6 Å². The molecule has 1 aromatic carbocycles. The average molecular weight is 253 g/mol. The molecule has 1 aliphatic rings. The van der Waals surface area contributed by atoms with Crippen LogP contribution in [0.2, 0.25) is 0 Å². The van der Waals surface area contributed by atoms with Crippen LogP contribution in [0.25, 0.3) is 0 Å². The van der Waals surface area contributed by atoms with Crippen LogP contribution in [0.5, 0.6) is 0 Å². The van der Waals surface area contributed by atoms with Crippen molar-refractivity contribution in [1.29, 1.82) is 0 Å². The van der Waals surface area contributed by atoms with Crippen molar-refractivity contribution in [3.63, 3.8) is 0 Å². The van der Waals surface area contributed by atoms with Crippen LogP contribution in [0.1, 0.15) is 37.7 Å². The van der Waals surface area contributed by atoms with E-state index in [0.717, 1.165) is 31.7 Å². The minimum atomic E-state index is -0.614. The fourth-order valence-corrected chi connectivity index (χ4v) is 2.41. The van der Waals surface area contributed by atoms with Crippen LogP contribution in [-0.4, -0.2) is 5.91 Å². The smallest absolute Gasteiger partial charge is 0.223 e. The van der Waals surface area contributed by atoms with Crippen LogP contribution in [-0.2, 0) is 11.3 Å². The molecule has 1 saturated carbocycles. The Morgan fingerprint density at radius 2 is 1.72 bits per heavy atom. The van der Waals surface area contributed by atoms with Crippen molar-refractivity contribution in [1.82, 2.24) is 5.32 Å². The molecule has 1 N–H and O–H groups in total. The Bertz CT molecular complexity index is 408. The van der Waals surface area contributed by atoms with Gasteiger partial charge in [-0.2, -0.15) is 0 Å². The molecule has 4 heteroatoms. The fourth-order valence-electron chi connectivity index (χ4n) is 2.41. The average Bonchev–Trinajstić information content (AvgIpc) is 2.36. The van der Waals surface area contributed by atoms with E-state index in [1.807, 2.05) is 0 Å². The van der Waals surface area contributed by atoms with Crippen molar-refractivity contribution >= 4 is 5.91 Å². The van der Waals surface area contributed by atoms with Crippen LogP contribution in [0.15, 0.2) is 18.2 Å². The van der Waals surface area contributed by atoms with Crippen molar-refractivity contribution in [2.75, 3.05) is 0 Å². The SMILES string of the molecule is O=C(NCc1cc(F)cc(F)c1)C1CCCCC1. The Morgan fingerprint density at radius 3 is 2.33 bits per heavy atom. The van der Waals surface area contributed by atoms with E-state index in [2.05, 4.69) is 5.32 Å². The number of halogens is 2. The molecule has 1 aliphatic carbocycles. The summed E-state index contributed by atoms with van der Waals surface area (Å²) >= 11 is 0. The molecule has 0 radical (unpaired) electrons. The molecule has 0 aromatic heterocycles. The molecule has 0 spiro atoms. The summed E-state index contributed by atoms with van der Waals surface area (Å²) in [5, 5.41) is 2.75. The van der Waals surface area contributed by atoms with Crippen LogP contribution in [0.3, 0.4) is 0 Å². The van der Waals surface area contributed by atoms with Gasteiger partial charge in [-0.05, 0) is 30.5 Å². The topological polar surface area (TPSA) is 29.1 Å². The third kappa shape index (κ3) is 3.52. The van der Waals surface area contributed by atoms with E-state index >= 15 is 0 Å². The number of carbonyl (C=O) groups is 1. The zero-order valence-electron chi connectivity index (χ0n) is 10.2. The second-order valence-corrected chi connectivity index (χ2v) is 4.83. The fraction of sp³-hybridized carbons (Fsp3) is 0.500. The molecule has 2 nitrogen and oxygen atoms in total. The van der Waals surface area contributed by atoms with Crippen LogP contribution >= 0.6 is 0 Å². The Balaban J connectivity index is 1.88. The standard InChI is InChI=1S/C14H17F2NO/c15-12-6-10(7-13(16)8-12)9-17-14(18)11-4-2-1-3-5-11/h6-8,11H,1-5,9H2,(H,17,18). The maximum Gasteiger partial charge on any atom is 0.223 e. The van der Waals surface area contributed by atoms with Gasteiger partial charge in [-0.25, -0.2) is 8.78 Å². The molecule has 0 saturated heterocycles. The summed E-state index contributed by atoms with van der Waals surface area (Å²) in [6.45, 7) is 0.185. The number of hydrogen-bond donors (Lipinski definition) is 1. The van der Waals surface area contributed by atoms with Crippen LogP contribution in [0.4, 0.5) is 8.78 Å². The highest BCUT2D eigenvalue weighted by molar-refractivity contribution is 5.78. The van der Waals surface area contributed by atoms with E-state index in [0.29, 0.717) is 5.56 Å². The third-order valence-corrected chi connectivity index (χ3v) is 3.37. The molecular weight excluding hydrogens is 236 g/mol. The third-order valence-electron chi connectivity index (χ3n) is 3.37. The number of amides is 1. The summed E-state index contributed by atoms with van der Waals surface area (Å²) in [6, 6.07) is 3.31. The van der Waals surface area contributed by atoms with E-state index in [4.69, 9.17) is 0 Å². The van der Waals surface area contributed by atoms with Gasteiger partial charge in [0.05, 0.1) is 0 Å². The van der Waals surface area contributed by atoms with Gasteiger partial charge in [-0.1, -0.05) is 19.3 Å². The van der Waals surface area contributed by atoms with E-state index in [1.165, 1.54) is 18.6 Å². The van der Waals surface area contributed by atoms with E-state index in [1.54, 1.807) is 0 Å². The molecule has 1 fully saturated rings. The van der Waals surface area contributed by atoms with Gasteiger partial charge >= 0.3 is 0 Å². The molecule has 98 valence electrons. The van der Waals surface area contributed by atoms with Crippen LogP contribution < -0.4 is 5.32 Å². The first kappa shape index (κ1) is 13.0. The summed E-state index contributed by atoms with van der Waals surface area (Å²) in [6.07, 6.45) is 5.21. The normalized spacial score (nSPS) is 16.6. The molecule has 2 rings (SSSR count). The van der Waals surface area contributed by atoms with Gasteiger partial charge in [0.2, 0.25) is 5.91 Å². The lowest BCUT2D eigenvalue weighted by Crippen LogP contribution is -2.31. The van der Waals surface area contributed by atoms with Crippen molar-refractivity contribution in [2.24, 2.45) is 5.92 Å². The molecular formula is C14H17F2NO. The zero-order chi connectivity index (χ0) is 13.0. The second kappa shape index (κ2) is 5.94. The maximum atomic E-state index is 13.0. The molecule has 18 heavy (non-hydrogen) atoms. The Kier molecular flexibility index (Phi) is 4.28. The van der Waals surface area contributed by atoms with Gasteiger partial charge in [-0.3, -0.25) is 4.79 Å². The minimum Gasteiger partial charge on any atom is -0.352 e. The van der Waals surface area contributed by atoms with Gasteiger partial charge in [0.15, 0.2) is 0 Å². The Morgan fingerprint density at radius 1 is 1.11 bits per heavy atom. The van der Waals surface area contributed by atoms with Crippen molar-refractivity contribution in [3.05, 3.63) is 35.4 Å². The van der Waals surface area contributed by atoms with E-state index in [9.17, 15) is 13.6 Å². The summed E-state index contributed by atoms with van der Waals surface area (Å²) in [7, 11) is 0. The van der Waals surface area contributed by atoms with Crippen molar-refractivity contribution in [3.8, 4) is 0 Å². The summed E-state index contributed by atoms with van der Waals surface area (Å²) in [5.74, 6) is -1.16. The Hall–Kier alpha value is -1.45. The van der Waals surface area contributed by atoms with Gasteiger partial charge in [-0.15, -0.1) is 0 Å². The summed E-state index contributed by atoms with van der Waals surface area (Å²) < 4.78 is 25.9. The largest absolute Gasteiger partial charge is 0.352 e. The van der Waals surface area contributed by atoms with E-state index < -0.39 is 11.6 Å². The quantitative estimate of drug-likeness (QED) is 0.880. The number of carbonyl (C=O) groups excluding carboxylic acids is 1. The van der Waals surface area contributed by atoms with Crippen LogP contribution in [0, 0.1) is 17.6 Å². The molecule has 0 bridgehead atoms. The first-order valence-electron chi connectivity index (χ1n) is 6.38. The van der Waals surface area contributed by atoms with Gasteiger partial charge in [0.1, 0.15) is 11.6 Å². The summed E-state index contributed by atoms with van der Waals surface area (Å²) in [5.41, 5.74) is 0.455. The molecule has 0 aliphatic heterocycles. The predicted molar refractivity (Wildman–Crippen MR) is 64.8 cm³/mol. The minimum absolute atomic E-state index is 0.000584. The molecule has 1 amide bonds. The number of rotatable bonds is 3. The second-order valence-electron chi connectivity index (χ2n) is 4.83. The van der Waals surface area contributed by atoms with E-state index in [-0.39, 0.29) is 18.4 Å². The highest BCUT2D eigenvalue weighted by atomic mass is 19.1. The highest BCUT2D eigenvalue weighted by Gasteiger charge is 2.20. The zero-order valence-corrected chi connectivity index (χ0v) is 10.2. The van der Waals surface area contributed by atoms with Gasteiger partial charge in [0, 0.05) is 18.5 Å². The first-order valence-corrected chi connectivity index (χ1v) is 6.38. The maximum absolute atomic E-state index is 13.0. The molecule has 0 atom stereocenters. The lowest BCUT2D eigenvalue weighted by molar-refractivity contribution is -0.126. The monoisotopic (exact) mass is 253 g/mol. The lowest BCUT2D eigenvalue weighted by Gasteiger charge is -2.20. The number of benzene rings is 1. The van der Waals surface area contributed by atoms with Gasteiger partial charge < -0.3 is 5.32 Å². The number of nitrogens with one attached hydrogen (secondary N) is 1. The van der Waals surface area contributed by atoms with Gasteiger partial charge in [0.25, 0.3) is 0 Å². The predicted octanol–water partition coefficient (Wildman–Crippen LogP) is 3.16.